The summed E-state index contributed by atoms with van der Waals surface area (Å²) in [7, 11) is -2.74. The Morgan fingerprint density at radius 3 is 2.50 bits per heavy atom. The van der Waals surface area contributed by atoms with Gasteiger partial charge in [-0.25, -0.2) is 18.1 Å². The molecule has 0 N–H and O–H groups in total. The van der Waals surface area contributed by atoms with E-state index in [1.165, 1.54) is 31.5 Å². The van der Waals surface area contributed by atoms with Gasteiger partial charge in [0.1, 0.15) is 5.82 Å². The molecule has 4 aliphatic rings. The first-order valence-corrected chi connectivity index (χ1v) is 12.1. The minimum Gasteiger partial charge on any atom is -0.300 e. The summed E-state index contributed by atoms with van der Waals surface area (Å²) in [6, 6.07) is 0.948. The topological polar surface area (TPSA) is 68.1 Å². The molecule has 1 aromatic rings. The fraction of sp³-hybridized carbons (Fsp3) is 0.895. The van der Waals surface area contributed by atoms with Crippen molar-refractivity contribution in [2.24, 2.45) is 5.41 Å². The molecular formula is C19H30N4O2S. The van der Waals surface area contributed by atoms with Gasteiger partial charge in [0.2, 0.25) is 0 Å². The van der Waals surface area contributed by atoms with Crippen LogP contribution in [0.3, 0.4) is 0 Å². The highest BCUT2D eigenvalue weighted by molar-refractivity contribution is 7.92. The summed E-state index contributed by atoms with van der Waals surface area (Å²) in [6.07, 6.45) is 7.08. The number of rotatable bonds is 4. The van der Waals surface area contributed by atoms with E-state index in [-0.39, 0.29) is 5.41 Å². The molecule has 6 nitrogen and oxygen atoms in total. The number of nitrogens with zero attached hydrogens (tertiary/aromatic N) is 4. The Balaban J connectivity index is 1.28. The maximum atomic E-state index is 11.6. The molecule has 26 heavy (non-hydrogen) atoms. The Kier molecular flexibility index (Phi) is 3.81. The molecule has 2 aliphatic heterocycles. The van der Waals surface area contributed by atoms with E-state index in [4.69, 9.17) is 10.1 Å². The average Bonchev–Trinajstić information content (AvgIpc) is 2.99. The first-order chi connectivity index (χ1) is 12.3. The monoisotopic (exact) mass is 378 g/mol. The molecule has 1 aromatic heterocycles. The van der Waals surface area contributed by atoms with Gasteiger partial charge in [-0.05, 0) is 58.9 Å². The first kappa shape index (κ1) is 17.2. The van der Waals surface area contributed by atoms with Crippen LogP contribution in [0.2, 0.25) is 0 Å². The summed E-state index contributed by atoms with van der Waals surface area (Å²) in [6.45, 7) is 6.44. The van der Waals surface area contributed by atoms with Crippen molar-refractivity contribution in [3.63, 3.8) is 0 Å². The predicted octanol–water partition coefficient (Wildman–Crippen LogP) is 2.49. The van der Waals surface area contributed by atoms with Crippen LogP contribution in [0, 0.1) is 5.41 Å². The Labute approximate surface area is 156 Å². The fourth-order valence-electron chi connectivity index (χ4n) is 5.46. The lowest BCUT2D eigenvalue weighted by Gasteiger charge is -2.38. The van der Waals surface area contributed by atoms with E-state index in [0.717, 1.165) is 31.8 Å². The van der Waals surface area contributed by atoms with Crippen LogP contribution in [-0.4, -0.2) is 58.7 Å². The van der Waals surface area contributed by atoms with Crippen molar-refractivity contribution in [3.8, 4) is 0 Å². The zero-order valence-electron chi connectivity index (χ0n) is 15.9. The SMILES string of the molecule is CC(C)n1nc(C2CC2)nc1[C@H]1CC[C@H](N2CCC3(C2)CS(=O)(=O)C3)C1. The highest BCUT2D eigenvalue weighted by atomic mass is 32.2. The number of hydrogen-bond donors (Lipinski definition) is 0. The van der Waals surface area contributed by atoms with E-state index in [1.54, 1.807) is 0 Å². The van der Waals surface area contributed by atoms with Crippen LogP contribution in [0.1, 0.15) is 81.9 Å². The Morgan fingerprint density at radius 1 is 1.12 bits per heavy atom. The molecule has 4 fully saturated rings. The van der Waals surface area contributed by atoms with Gasteiger partial charge >= 0.3 is 0 Å². The van der Waals surface area contributed by atoms with Crippen molar-refractivity contribution in [2.45, 2.75) is 76.3 Å². The Morgan fingerprint density at radius 2 is 1.85 bits per heavy atom. The normalized spacial score (nSPS) is 33.2. The molecule has 5 rings (SSSR count). The minimum absolute atomic E-state index is 0.0774. The average molecular weight is 379 g/mol. The summed E-state index contributed by atoms with van der Waals surface area (Å²) < 4.78 is 25.5. The third kappa shape index (κ3) is 2.91. The zero-order chi connectivity index (χ0) is 18.1. The standard InChI is InChI=1S/C19H30N4O2S/c1-13(2)23-18(20-17(21-23)14-3-4-14)15-5-6-16(9-15)22-8-7-19(10-22)11-26(24,25)12-19/h13-16H,3-12H2,1-2H3/t15-,16-/m0/s1. The molecule has 2 atom stereocenters. The third-order valence-electron chi connectivity index (χ3n) is 6.91. The molecule has 0 unspecified atom stereocenters. The third-order valence-corrected chi connectivity index (χ3v) is 9.02. The lowest BCUT2D eigenvalue weighted by molar-refractivity contribution is 0.213. The Bertz CT molecular complexity index is 800. The lowest BCUT2D eigenvalue weighted by Crippen LogP contribution is -2.50. The number of sulfone groups is 1. The quantitative estimate of drug-likeness (QED) is 0.805. The van der Waals surface area contributed by atoms with Gasteiger partial charge in [0.15, 0.2) is 15.7 Å². The number of likely N-dealkylation sites (tertiary alicyclic amines) is 1. The van der Waals surface area contributed by atoms with Crippen LogP contribution in [0.5, 0.6) is 0 Å². The second-order valence-electron chi connectivity index (χ2n) is 9.56. The van der Waals surface area contributed by atoms with Crippen LogP contribution in [-0.2, 0) is 9.84 Å². The van der Waals surface area contributed by atoms with Crippen molar-refractivity contribution >= 4 is 9.84 Å². The largest absolute Gasteiger partial charge is 0.300 e. The van der Waals surface area contributed by atoms with Gasteiger partial charge in [0.25, 0.3) is 0 Å². The summed E-state index contributed by atoms with van der Waals surface area (Å²) in [5, 5.41) is 4.83. The summed E-state index contributed by atoms with van der Waals surface area (Å²) in [5.74, 6) is 4.20. The van der Waals surface area contributed by atoms with Gasteiger partial charge in [0, 0.05) is 35.9 Å². The van der Waals surface area contributed by atoms with Gasteiger partial charge in [-0.2, -0.15) is 5.10 Å². The van der Waals surface area contributed by atoms with E-state index < -0.39 is 9.84 Å². The number of hydrogen-bond acceptors (Lipinski definition) is 5. The maximum Gasteiger partial charge on any atom is 0.154 e. The molecular weight excluding hydrogens is 348 g/mol. The van der Waals surface area contributed by atoms with Crippen LogP contribution < -0.4 is 0 Å². The van der Waals surface area contributed by atoms with Gasteiger partial charge in [-0.15, -0.1) is 0 Å². The molecule has 144 valence electrons. The zero-order valence-corrected chi connectivity index (χ0v) is 16.7. The molecule has 7 heteroatoms. The highest BCUT2D eigenvalue weighted by Crippen LogP contribution is 2.46. The van der Waals surface area contributed by atoms with Crippen LogP contribution in [0.4, 0.5) is 0 Å². The predicted molar refractivity (Wildman–Crippen MR) is 100 cm³/mol. The first-order valence-electron chi connectivity index (χ1n) is 10.2. The van der Waals surface area contributed by atoms with Gasteiger partial charge in [0.05, 0.1) is 11.5 Å². The summed E-state index contributed by atoms with van der Waals surface area (Å²) in [4.78, 5) is 7.54. The molecule has 0 aromatic carbocycles. The van der Waals surface area contributed by atoms with Gasteiger partial charge in [-0.1, -0.05) is 0 Å². The van der Waals surface area contributed by atoms with Crippen LogP contribution >= 0.6 is 0 Å². The van der Waals surface area contributed by atoms with E-state index in [2.05, 4.69) is 23.4 Å². The van der Waals surface area contributed by atoms with Gasteiger partial charge in [-0.3, -0.25) is 4.90 Å². The Hall–Kier alpha value is -0.950. The molecule has 2 saturated carbocycles. The van der Waals surface area contributed by atoms with Crippen molar-refractivity contribution in [1.82, 2.24) is 19.7 Å². The van der Waals surface area contributed by atoms with Crippen molar-refractivity contribution in [2.75, 3.05) is 24.6 Å². The molecule has 2 saturated heterocycles. The lowest BCUT2D eigenvalue weighted by atomic mass is 9.91. The minimum atomic E-state index is -2.74. The second-order valence-corrected chi connectivity index (χ2v) is 11.6. The van der Waals surface area contributed by atoms with Crippen molar-refractivity contribution in [1.29, 1.82) is 0 Å². The van der Waals surface area contributed by atoms with Crippen LogP contribution in [0.15, 0.2) is 0 Å². The van der Waals surface area contributed by atoms with Gasteiger partial charge < -0.3 is 0 Å². The van der Waals surface area contributed by atoms with E-state index in [9.17, 15) is 8.42 Å². The smallest absolute Gasteiger partial charge is 0.154 e. The summed E-state index contributed by atoms with van der Waals surface area (Å²) >= 11 is 0. The van der Waals surface area contributed by atoms with Crippen molar-refractivity contribution in [3.05, 3.63) is 11.6 Å². The van der Waals surface area contributed by atoms with Crippen LogP contribution in [0.25, 0.3) is 0 Å². The molecule has 2 aliphatic carbocycles. The van der Waals surface area contributed by atoms with E-state index >= 15 is 0 Å². The molecule has 0 amide bonds. The van der Waals surface area contributed by atoms with E-state index in [1.807, 2.05) is 0 Å². The molecule has 0 radical (unpaired) electrons. The molecule has 0 bridgehead atoms. The van der Waals surface area contributed by atoms with Crippen molar-refractivity contribution < 1.29 is 8.42 Å². The highest BCUT2D eigenvalue weighted by Gasteiger charge is 2.53. The molecule has 3 heterocycles. The summed E-state index contributed by atoms with van der Waals surface area (Å²) in [5.41, 5.74) is 0.0774. The maximum absolute atomic E-state index is 11.6. The molecule has 1 spiro atoms. The van der Waals surface area contributed by atoms with E-state index in [0.29, 0.717) is 35.4 Å². The fourth-order valence-corrected chi connectivity index (χ4v) is 7.71. The second kappa shape index (κ2) is 5.77. The number of aromatic nitrogens is 3.